The zero-order chi connectivity index (χ0) is 22.1. The second-order valence-electron chi connectivity index (χ2n) is 11.5. The summed E-state index contributed by atoms with van der Waals surface area (Å²) >= 11 is 0. The predicted octanol–water partition coefficient (Wildman–Crippen LogP) is 4.04. The molecule has 0 aromatic carbocycles. The van der Waals surface area contributed by atoms with Gasteiger partial charge in [-0.3, -0.25) is 9.59 Å². The van der Waals surface area contributed by atoms with E-state index in [1.54, 1.807) is 0 Å². The molecule has 1 aliphatic heterocycles. The first-order chi connectivity index (χ1) is 13.9. The average molecular weight is 423 g/mol. The molecule has 170 valence electrons. The molecule has 0 aromatic heterocycles. The van der Waals surface area contributed by atoms with Crippen LogP contribution in [0.1, 0.15) is 80.1 Å². The molecule has 4 aliphatic rings. The van der Waals surface area contributed by atoms with Crippen LogP contribution in [0.5, 0.6) is 0 Å². The third-order valence-corrected chi connectivity index (χ3v) is 9.38. The highest BCUT2D eigenvalue weighted by Gasteiger charge is 2.69. The van der Waals surface area contributed by atoms with Crippen LogP contribution in [0.3, 0.4) is 0 Å². The lowest BCUT2D eigenvalue weighted by atomic mass is 9.38. The van der Waals surface area contributed by atoms with Crippen LogP contribution in [0.25, 0.3) is 0 Å². The molecule has 1 saturated heterocycles. The van der Waals surface area contributed by atoms with Crippen LogP contribution in [0.2, 0.25) is 0 Å². The van der Waals surface area contributed by atoms with Gasteiger partial charge >= 0.3 is 11.9 Å². The van der Waals surface area contributed by atoms with Crippen LogP contribution in [0.4, 0.5) is 0 Å². The van der Waals surface area contributed by atoms with E-state index in [1.807, 2.05) is 0 Å². The molecular formula is C24H38O6. The molecule has 0 radical (unpaired) electrons. The molecule has 0 amide bonds. The molecule has 1 heterocycles. The summed E-state index contributed by atoms with van der Waals surface area (Å²) in [7, 11) is 0. The van der Waals surface area contributed by atoms with Crippen LogP contribution < -0.4 is 0 Å². The molecule has 0 bridgehead atoms. The van der Waals surface area contributed by atoms with E-state index in [0.717, 1.165) is 19.3 Å². The van der Waals surface area contributed by atoms with Crippen molar-refractivity contribution < 1.29 is 28.9 Å². The van der Waals surface area contributed by atoms with Crippen molar-refractivity contribution in [3.05, 3.63) is 0 Å². The maximum absolute atomic E-state index is 11.9. The van der Waals surface area contributed by atoms with Crippen molar-refractivity contribution in [3.63, 3.8) is 0 Å². The smallest absolute Gasteiger partial charge is 0.304 e. The molecule has 3 saturated carbocycles. The predicted molar refractivity (Wildman–Crippen MR) is 110 cm³/mol. The summed E-state index contributed by atoms with van der Waals surface area (Å²) in [5, 5.41) is 11.3. The number of hydrogen-bond acceptors (Lipinski definition) is 6. The van der Waals surface area contributed by atoms with Crippen molar-refractivity contribution >= 4 is 11.9 Å². The number of aliphatic hydroxyl groups is 1. The number of carbonyl (C=O) groups is 2. The molecule has 1 N–H and O–H groups in total. The molecule has 30 heavy (non-hydrogen) atoms. The van der Waals surface area contributed by atoms with E-state index < -0.39 is 30.6 Å². The number of carbonyl (C=O) groups excluding carboxylic acids is 2. The minimum absolute atomic E-state index is 0.126. The SMILES string of the molecule is CC(=O)O[C@@H]1O[C@H](OC(C)=O)[C@@H]2[C@H]1[C@H](O)C[C@@H]1[C@@]2(C)CC[C@@H]2C(C)(C)CCC[C@]12C. The fraction of sp³-hybridized carbons (Fsp3) is 0.917. The number of ether oxygens (including phenoxy) is 3. The number of fused-ring (bicyclic) bond motifs is 5. The van der Waals surface area contributed by atoms with Gasteiger partial charge in [0, 0.05) is 19.8 Å². The molecule has 4 fully saturated rings. The van der Waals surface area contributed by atoms with Crippen LogP contribution in [-0.2, 0) is 23.8 Å². The van der Waals surface area contributed by atoms with Gasteiger partial charge in [-0.1, -0.05) is 34.1 Å². The van der Waals surface area contributed by atoms with E-state index in [-0.39, 0.29) is 28.1 Å². The number of esters is 2. The fourth-order valence-corrected chi connectivity index (χ4v) is 8.39. The first kappa shape index (κ1) is 22.1. The highest BCUT2D eigenvalue weighted by Crippen LogP contribution is 2.70. The summed E-state index contributed by atoms with van der Waals surface area (Å²) in [6.07, 6.45) is 4.10. The van der Waals surface area contributed by atoms with Gasteiger partial charge in [0.05, 0.1) is 12.0 Å². The Hall–Kier alpha value is -1.14. The van der Waals surface area contributed by atoms with Gasteiger partial charge in [-0.2, -0.15) is 0 Å². The van der Waals surface area contributed by atoms with Gasteiger partial charge in [-0.25, -0.2) is 0 Å². The summed E-state index contributed by atoms with van der Waals surface area (Å²) in [6, 6.07) is 0. The largest absolute Gasteiger partial charge is 0.435 e. The van der Waals surface area contributed by atoms with Gasteiger partial charge in [-0.15, -0.1) is 0 Å². The maximum atomic E-state index is 11.9. The van der Waals surface area contributed by atoms with E-state index in [0.29, 0.717) is 18.3 Å². The summed E-state index contributed by atoms with van der Waals surface area (Å²) in [5.74, 6) is -0.525. The van der Waals surface area contributed by atoms with Crippen LogP contribution in [0, 0.1) is 39.9 Å². The molecule has 6 heteroatoms. The molecule has 9 atom stereocenters. The first-order valence-electron chi connectivity index (χ1n) is 11.6. The van der Waals surface area contributed by atoms with Crippen LogP contribution in [0.15, 0.2) is 0 Å². The zero-order valence-corrected chi connectivity index (χ0v) is 19.3. The lowest BCUT2D eigenvalue weighted by molar-refractivity contribution is -0.226. The molecule has 3 aliphatic carbocycles. The molecule has 0 spiro atoms. The number of hydrogen-bond donors (Lipinski definition) is 1. The summed E-state index contributed by atoms with van der Waals surface area (Å²) in [4.78, 5) is 23.5. The highest BCUT2D eigenvalue weighted by molar-refractivity contribution is 5.66. The fourth-order valence-electron chi connectivity index (χ4n) is 8.39. The van der Waals surface area contributed by atoms with Crippen molar-refractivity contribution in [2.45, 2.75) is 98.8 Å². The van der Waals surface area contributed by atoms with E-state index in [9.17, 15) is 14.7 Å². The zero-order valence-electron chi connectivity index (χ0n) is 19.3. The Kier molecular flexibility index (Phi) is 5.29. The quantitative estimate of drug-likeness (QED) is 0.677. The summed E-state index contributed by atoms with van der Waals surface area (Å²) < 4.78 is 17.0. The number of rotatable bonds is 2. The Morgan fingerprint density at radius 2 is 1.53 bits per heavy atom. The summed E-state index contributed by atoms with van der Waals surface area (Å²) in [5.41, 5.74) is 0.260. The van der Waals surface area contributed by atoms with Crippen LogP contribution >= 0.6 is 0 Å². The third kappa shape index (κ3) is 3.21. The first-order valence-corrected chi connectivity index (χ1v) is 11.6. The van der Waals surface area contributed by atoms with E-state index >= 15 is 0 Å². The van der Waals surface area contributed by atoms with Gasteiger partial charge in [0.1, 0.15) is 0 Å². The van der Waals surface area contributed by atoms with Crippen molar-refractivity contribution in [1.82, 2.24) is 0 Å². The Morgan fingerprint density at radius 3 is 2.17 bits per heavy atom. The van der Waals surface area contributed by atoms with E-state index in [4.69, 9.17) is 14.2 Å². The highest BCUT2D eigenvalue weighted by atomic mass is 16.8. The molecule has 6 nitrogen and oxygen atoms in total. The van der Waals surface area contributed by atoms with Gasteiger partial charge < -0.3 is 19.3 Å². The Balaban J connectivity index is 1.74. The second-order valence-corrected chi connectivity index (χ2v) is 11.5. The molecule has 4 rings (SSSR count). The lowest BCUT2D eigenvalue weighted by Crippen LogP contribution is -2.63. The third-order valence-electron chi connectivity index (χ3n) is 9.38. The Bertz CT molecular complexity index is 718. The van der Waals surface area contributed by atoms with Crippen LogP contribution in [-0.4, -0.2) is 35.7 Å². The van der Waals surface area contributed by atoms with Gasteiger partial charge in [0.15, 0.2) is 0 Å². The minimum Gasteiger partial charge on any atom is -0.435 e. The van der Waals surface area contributed by atoms with Crippen molar-refractivity contribution in [2.24, 2.45) is 39.9 Å². The van der Waals surface area contributed by atoms with Gasteiger partial charge in [0.2, 0.25) is 12.6 Å². The van der Waals surface area contributed by atoms with Gasteiger partial charge in [0.25, 0.3) is 0 Å². The lowest BCUT2D eigenvalue weighted by Gasteiger charge is -2.66. The molecule has 0 aromatic rings. The second kappa shape index (κ2) is 7.19. The van der Waals surface area contributed by atoms with E-state index in [1.165, 1.54) is 26.7 Å². The van der Waals surface area contributed by atoms with Crippen molar-refractivity contribution in [1.29, 1.82) is 0 Å². The van der Waals surface area contributed by atoms with Gasteiger partial charge in [-0.05, 0) is 60.2 Å². The standard InChI is InChI=1S/C24H38O6/c1-13(25)28-20-18-15(27)12-17-23(5)10-7-9-22(3,4)16(23)8-11-24(17,6)19(18)21(30-20)29-14(2)26/h15-21,27H,7-12H2,1-6H3/t15-,16-,17+,18-,19+,20-,21+,23+,24-/m1/s1. The average Bonchev–Trinajstić information content (AvgIpc) is 2.94. The topological polar surface area (TPSA) is 82.1 Å². The monoisotopic (exact) mass is 422 g/mol. The normalized spacial score (nSPS) is 49.4. The molecule has 0 unspecified atom stereocenters. The van der Waals surface area contributed by atoms with Crippen molar-refractivity contribution in [3.8, 4) is 0 Å². The van der Waals surface area contributed by atoms with Crippen molar-refractivity contribution in [2.75, 3.05) is 0 Å². The minimum atomic E-state index is -0.877. The maximum Gasteiger partial charge on any atom is 0.304 e. The summed E-state index contributed by atoms with van der Waals surface area (Å²) in [6.45, 7) is 12.2. The molecular weight excluding hydrogens is 384 g/mol. The van der Waals surface area contributed by atoms with E-state index in [2.05, 4.69) is 27.7 Å². The Morgan fingerprint density at radius 1 is 0.900 bits per heavy atom. The number of aliphatic hydroxyl groups excluding tert-OH is 1. The Labute approximate surface area is 180 Å².